The van der Waals surface area contributed by atoms with Crippen molar-refractivity contribution in [2.75, 3.05) is 0 Å². The van der Waals surface area contributed by atoms with E-state index in [-0.39, 0.29) is 0 Å². The average molecular weight is 322 g/mol. The molecule has 0 atom stereocenters. The van der Waals surface area contributed by atoms with Gasteiger partial charge in [0.25, 0.3) is 0 Å². The van der Waals surface area contributed by atoms with Crippen LogP contribution in [0.4, 0.5) is 0 Å². The molecule has 0 bridgehead atoms. The van der Waals surface area contributed by atoms with E-state index in [4.69, 9.17) is 4.42 Å². The maximum atomic E-state index is 5.99. The van der Waals surface area contributed by atoms with Crippen LogP contribution in [0.2, 0.25) is 0 Å². The molecular formula is C22H14N2O. The van der Waals surface area contributed by atoms with Gasteiger partial charge in [-0.25, -0.2) is 9.97 Å². The molecule has 2 aromatic heterocycles. The van der Waals surface area contributed by atoms with Crippen LogP contribution in [0, 0.1) is 0 Å². The Balaban J connectivity index is 1.64. The Morgan fingerprint density at radius 2 is 1.28 bits per heavy atom. The van der Waals surface area contributed by atoms with Gasteiger partial charge >= 0.3 is 0 Å². The molecule has 0 aliphatic heterocycles. The summed E-state index contributed by atoms with van der Waals surface area (Å²) in [6.07, 6.45) is 1.61. The number of para-hydroxylation sites is 1. The van der Waals surface area contributed by atoms with Crippen LogP contribution in [0.25, 0.3) is 44.5 Å². The van der Waals surface area contributed by atoms with Crippen molar-refractivity contribution in [2.24, 2.45) is 0 Å². The van der Waals surface area contributed by atoms with Crippen LogP contribution in [-0.4, -0.2) is 9.97 Å². The van der Waals surface area contributed by atoms with E-state index in [9.17, 15) is 0 Å². The summed E-state index contributed by atoms with van der Waals surface area (Å²) >= 11 is 0. The van der Waals surface area contributed by atoms with Crippen molar-refractivity contribution in [3.8, 4) is 22.5 Å². The van der Waals surface area contributed by atoms with Gasteiger partial charge in [0.15, 0.2) is 0 Å². The van der Waals surface area contributed by atoms with Crippen LogP contribution in [0.3, 0.4) is 0 Å². The standard InChI is InChI=1S/C22H14N2O/c1-2-6-15(7-3-1)19-13-20(24-14-23-19)16-10-11-18-17-8-4-5-9-21(17)25-22(18)12-16/h1-14H. The van der Waals surface area contributed by atoms with Crippen molar-refractivity contribution < 1.29 is 4.42 Å². The van der Waals surface area contributed by atoms with Gasteiger partial charge in [0, 0.05) is 21.9 Å². The van der Waals surface area contributed by atoms with Gasteiger partial charge in [-0.2, -0.15) is 0 Å². The van der Waals surface area contributed by atoms with Crippen LogP contribution in [0.1, 0.15) is 0 Å². The van der Waals surface area contributed by atoms with Gasteiger partial charge in [0.05, 0.1) is 11.4 Å². The number of aromatic nitrogens is 2. The molecule has 5 rings (SSSR count). The van der Waals surface area contributed by atoms with E-state index in [0.29, 0.717) is 0 Å². The zero-order valence-electron chi connectivity index (χ0n) is 13.4. The minimum Gasteiger partial charge on any atom is -0.456 e. The molecule has 5 aromatic rings. The Morgan fingerprint density at radius 1 is 0.560 bits per heavy atom. The summed E-state index contributed by atoms with van der Waals surface area (Å²) in [4.78, 5) is 8.84. The Kier molecular flexibility index (Phi) is 3.10. The summed E-state index contributed by atoms with van der Waals surface area (Å²) < 4.78 is 5.99. The van der Waals surface area contributed by atoms with Crippen LogP contribution in [-0.2, 0) is 0 Å². The monoisotopic (exact) mass is 322 g/mol. The molecule has 0 spiro atoms. The summed E-state index contributed by atoms with van der Waals surface area (Å²) in [5, 5.41) is 2.26. The van der Waals surface area contributed by atoms with Gasteiger partial charge < -0.3 is 4.42 Å². The fraction of sp³-hybridized carbons (Fsp3) is 0. The molecule has 2 heterocycles. The smallest absolute Gasteiger partial charge is 0.136 e. The molecule has 0 saturated heterocycles. The second kappa shape index (κ2) is 5.56. The van der Waals surface area contributed by atoms with Crippen molar-refractivity contribution >= 4 is 21.9 Å². The summed E-state index contributed by atoms with van der Waals surface area (Å²) in [7, 11) is 0. The average Bonchev–Trinajstić information content (AvgIpc) is 3.06. The molecule has 0 N–H and O–H groups in total. The Bertz CT molecular complexity index is 1190. The Morgan fingerprint density at radius 3 is 2.16 bits per heavy atom. The van der Waals surface area contributed by atoms with E-state index in [0.717, 1.165) is 44.5 Å². The second-order valence-electron chi connectivity index (χ2n) is 5.96. The number of hydrogen-bond donors (Lipinski definition) is 0. The van der Waals surface area contributed by atoms with E-state index in [1.807, 2.05) is 48.5 Å². The highest BCUT2D eigenvalue weighted by molar-refractivity contribution is 6.05. The number of furan rings is 1. The molecule has 0 aliphatic rings. The molecule has 3 nitrogen and oxygen atoms in total. The zero-order chi connectivity index (χ0) is 16.6. The maximum absolute atomic E-state index is 5.99. The van der Waals surface area contributed by atoms with Crippen molar-refractivity contribution in [1.82, 2.24) is 9.97 Å². The summed E-state index contributed by atoms with van der Waals surface area (Å²) in [5.41, 5.74) is 5.68. The van der Waals surface area contributed by atoms with E-state index < -0.39 is 0 Å². The molecule has 118 valence electrons. The predicted molar refractivity (Wildman–Crippen MR) is 100 cm³/mol. The number of hydrogen-bond acceptors (Lipinski definition) is 3. The van der Waals surface area contributed by atoms with Gasteiger partial charge in [0.1, 0.15) is 17.5 Å². The molecule has 0 amide bonds. The van der Waals surface area contributed by atoms with Gasteiger partial charge in [-0.3, -0.25) is 0 Å². The number of fused-ring (bicyclic) bond motifs is 3. The van der Waals surface area contributed by atoms with Gasteiger partial charge in [-0.15, -0.1) is 0 Å². The lowest BCUT2D eigenvalue weighted by molar-refractivity contribution is 0.669. The normalized spacial score (nSPS) is 11.2. The molecule has 3 aromatic carbocycles. The molecule has 3 heteroatoms. The minimum atomic E-state index is 0.874. The third kappa shape index (κ3) is 2.37. The van der Waals surface area contributed by atoms with Gasteiger partial charge in [0.2, 0.25) is 0 Å². The molecule has 0 unspecified atom stereocenters. The lowest BCUT2D eigenvalue weighted by Crippen LogP contribution is -1.89. The number of rotatable bonds is 2. The highest BCUT2D eigenvalue weighted by Gasteiger charge is 2.09. The first kappa shape index (κ1) is 13.9. The first-order chi connectivity index (χ1) is 12.4. The highest BCUT2D eigenvalue weighted by Crippen LogP contribution is 2.32. The topological polar surface area (TPSA) is 38.9 Å². The van der Waals surface area contributed by atoms with Crippen LogP contribution in [0.5, 0.6) is 0 Å². The number of benzene rings is 3. The first-order valence-corrected chi connectivity index (χ1v) is 8.18. The zero-order valence-corrected chi connectivity index (χ0v) is 13.4. The van der Waals surface area contributed by atoms with Crippen molar-refractivity contribution in [1.29, 1.82) is 0 Å². The second-order valence-corrected chi connectivity index (χ2v) is 5.96. The van der Waals surface area contributed by atoms with E-state index >= 15 is 0 Å². The van der Waals surface area contributed by atoms with E-state index in [1.54, 1.807) is 6.33 Å². The Hall–Kier alpha value is -3.46. The fourth-order valence-corrected chi connectivity index (χ4v) is 3.17. The van der Waals surface area contributed by atoms with Crippen LogP contribution >= 0.6 is 0 Å². The van der Waals surface area contributed by atoms with E-state index in [1.165, 1.54) is 0 Å². The van der Waals surface area contributed by atoms with Crippen LogP contribution < -0.4 is 0 Å². The van der Waals surface area contributed by atoms with E-state index in [2.05, 4.69) is 40.3 Å². The third-order valence-electron chi connectivity index (χ3n) is 4.41. The first-order valence-electron chi connectivity index (χ1n) is 8.18. The molecule has 0 aliphatic carbocycles. The summed E-state index contributed by atoms with van der Waals surface area (Å²) in [5.74, 6) is 0. The van der Waals surface area contributed by atoms with Crippen molar-refractivity contribution in [3.63, 3.8) is 0 Å². The minimum absolute atomic E-state index is 0.874. The largest absolute Gasteiger partial charge is 0.456 e. The quantitative estimate of drug-likeness (QED) is 0.418. The molecule has 25 heavy (non-hydrogen) atoms. The highest BCUT2D eigenvalue weighted by atomic mass is 16.3. The van der Waals surface area contributed by atoms with Crippen molar-refractivity contribution in [2.45, 2.75) is 0 Å². The fourth-order valence-electron chi connectivity index (χ4n) is 3.17. The molecule has 0 saturated carbocycles. The van der Waals surface area contributed by atoms with Gasteiger partial charge in [-0.05, 0) is 24.3 Å². The SMILES string of the molecule is c1ccc(-c2cc(-c3ccc4c(c3)oc3ccccc34)ncn2)cc1. The lowest BCUT2D eigenvalue weighted by Gasteiger charge is -2.04. The molecular weight excluding hydrogens is 308 g/mol. The van der Waals surface area contributed by atoms with Crippen molar-refractivity contribution in [3.05, 3.63) is 85.2 Å². The maximum Gasteiger partial charge on any atom is 0.136 e. The summed E-state index contributed by atoms with van der Waals surface area (Å²) in [6, 6.07) is 26.5. The lowest BCUT2D eigenvalue weighted by atomic mass is 10.1. The summed E-state index contributed by atoms with van der Waals surface area (Å²) in [6.45, 7) is 0. The molecule has 0 fully saturated rings. The predicted octanol–water partition coefficient (Wildman–Crippen LogP) is 5.71. The van der Waals surface area contributed by atoms with Gasteiger partial charge in [-0.1, -0.05) is 54.6 Å². The third-order valence-corrected chi connectivity index (χ3v) is 4.41. The number of nitrogens with zero attached hydrogens (tertiary/aromatic N) is 2. The Labute approximate surface area is 144 Å². The molecule has 0 radical (unpaired) electrons. The van der Waals surface area contributed by atoms with Crippen LogP contribution in [0.15, 0.2) is 89.6 Å².